The van der Waals surface area contributed by atoms with Crippen LogP contribution in [0, 0.1) is 0 Å². The number of hydrogen-bond acceptors (Lipinski definition) is 3. The fraction of sp³-hybridized carbons (Fsp3) is 1.00. The lowest BCUT2D eigenvalue weighted by atomic mass is 10.3. The van der Waals surface area contributed by atoms with Crippen molar-refractivity contribution in [2.45, 2.75) is 32.7 Å². The normalized spacial score (nSPS) is 14.6. The Kier molecular flexibility index (Phi) is 6.26. The van der Waals surface area contributed by atoms with E-state index in [4.69, 9.17) is 5.73 Å². The Morgan fingerprint density at radius 3 is 2.50 bits per heavy atom. The Balaban J connectivity index is 4.04. The molecule has 0 amide bonds. The highest BCUT2D eigenvalue weighted by molar-refractivity contribution is 7.87. The van der Waals surface area contributed by atoms with Crippen molar-refractivity contribution < 1.29 is 8.42 Å². The molecule has 0 heterocycles. The number of nitrogens with zero attached hydrogens (tertiary/aromatic N) is 1. The first kappa shape index (κ1) is 13.8. The van der Waals surface area contributed by atoms with Crippen LogP contribution in [-0.2, 0) is 10.2 Å². The maximum absolute atomic E-state index is 11.5. The van der Waals surface area contributed by atoms with E-state index in [-0.39, 0.29) is 12.6 Å². The molecule has 86 valence electrons. The molecule has 0 rings (SSSR count). The van der Waals surface area contributed by atoms with Crippen molar-refractivity contribution in [3.63, 3.8) is 0 Å². The summed E-state index contributed by atoms with van der Waals surface area (Å²) < 4.78 is 26.8. The summed E-state index contributed by atoms with van der Waals surface area (Å²) >= 11 is 0. The second-order valence-corrected chi connectivity index (χ2v) is 5.37. The summed E-state index contributed by atoms with van der Waals surface area (Å²) in [5, 5.41) is 0. The van der Waals surface area contributed by atoms with Crippen molar-refractivity contribution in [3.05, 3.63) is 0 Å². The first-order valence-electron chi connectivity index (χ1n) is 4.86. The van der Waals surface area contributed by atoms with Crippen LogP contribution in [0.5, 0.6) is 0 Å². The average molecular weight is 223 g/mol. The number of nitrogens with two attached hydrogens (primary N) is 1. The minimum absolute atomic E-state index is 0.163. The molecule has 0 spiro atoms. The third-order valence-electron chi connectivity index (χ3n) is 1.82. The van der Waals surface area contributed by atoms with Crippen molar-refractivity contribution >= 4 is 10.2 Å². The number of nitrogens with one attached hydrogen (secondary N) is 1. The molecular weight excluding hydrogens is 202 g/mol. The molecule has 0 fully saturated rings. The summed E-state index contributed by atoms with van der Waals surface area (Å²) in [5.41, 5.74) is 5.45. The highest BCUT2D eigenvalue weighted by Crippen LogP contribution is 1.97. The van der Waals surface area contributed by atoms with Gasteiger partial charge in [0.05, 0.1) is 0 Å². The second kappa shape index (κ2) is 6.34. The zero-order chi connectivity index (χ0) is 11.2. The van der Waals surface area contributed by atoms with Crippen LogP contribution in [0.4, 0.5) is 0 Å². The average Bonchev–Trinajstić information content (AvgIpc) is 2.11. The van der Waals surface area contributed by atoms with Gasteiger partial charge in [-0.3, -0.25) is 0 Å². The summed E-state index contributed by atoms with van der Waals surface area (Å²) in [6.45, 7) is 4.61. The quantitative estimate of drug-likeness (QED) is 0.633. The van der Waals surface area contributed by atoms with E-state index in [1.165, 1.54) is 4.31 Å². The Bertz CT molecular complexity index is 239. The molecule has 0 radical (unpaired) electrons. The predicted molar refractivity (Wildman–Crippen MR) is 58.1 cm³/mol. The maximum atomic E-state index is 11.5. The fourth-order valence-corrected chi connectivity index (χ4v) is 1.91. The minimum atomic E-state index is -3.32. The predicted octanol–water partition coefficient (Wildman–Crippen LogP) is -0.100. The van der Waals surface area contributed by atoms with Crippen LogP contribution in [0.3, 0.4) is 0 Å². The van der Waals surface area contributed by atoms with Gasteiger partial charge in [0.2, 0.25) is 0 Å². The second-order valence-electron chi connectivity index (χ2n) is 3.51. The minimum Gasteiger partial charge on any atom is -0.327 e. The standard InChI is InChI=1S/C8H21N3O2S/c1-4-5-6-11(3)14(12,13)10-7-8(2)9/h8,10H,4-7,9H2,1-3H3. The summed E-state index contributed by atoms with van der Waals surface area (Å²) in [7, 11) is -1.76. The smallest absolute Gasteiger partial charge is 0.279 e. The molecular formula is C8H21N3O2S. The highest BCUT2D eigenvalue weighted by atomic mass is 32.2. The van der Waals surface area contributed by atoms with Crippen LogP contribution in [0.25, 0.3) is 0 Å². The van der Waals surface area contributed by atoms with Gasteiger partial charge in [0.15, 0.2) is 0 Å². The van der Waals surface area contributed by atoms with Gasteiger partial charge in [0.1, 0.15) is 0 Å². The van der Waals surface area contributed by atoms with E-state index >= 15 is 0 Å². The Morgan fingerprint density at radius 2 is 2.07 bits per heavy atom. The molecule has 1 atom stereocenters. The van der Waals surface area contributed by atoms with Gasteiger partial charge in [-0.1, -0.05) is 13.3 Å². The Hall–Kier alpha value is -0.170. The topological polar surface area (TPSA) is 75.4 Å². The molecule has 1 unspecified atom stereocenters. The van der Waals surface area contributed by atoms with Crippen LogP contribution in [0.2, 0.25) is 0 Å². The first-order chi connectivity index (χ1) is 6.40. The zero-order valence-corrected chi connectivity index (χ0v) is 9.97. The fourth-order valence-electron chi connectivity index (χ4n) is 0.848. The van der Waals surface area contributed by atoms with E-state index in [1.807, 2.05) is 6.92 Å². The molecule has 0 saturated heterocycles. The summed E-state index contributed by atoms with van der Waals surface area (Å²) in [6, 6.07) is -0.163. The molecule has 0 aromatic heterocycles. The van der Waals surface area contributed by atoms with E-state index in [1.54, 1.807) is 14.0 Å². The first-order valence-corrected chi connectivity index (χ1v) is 6.30. The zero-order valence-electron chi connectivity index (χ0n) is 9.16. The lowest BCUT2D eigenvalue weighted by Gasteiger charge is -2.18. The van der Waals surface area contributed by atoms with Gasteiger partial charge < -0.3 is 5.73 Å². The van der Waals surface area contributed by atoms with Gasteiger partial charge >= 0.3 is 0 Å². The molecule has 0 saturated carbocycles. The van der Waals surface area contributed by atoms with Gasteiger partial charge in [0, 0.05) is 26.2 Å². The molecule has 0 bridgehead atoms. The molecule has 6 heteroatoms. The summed E-state index contributed by atoms with van der Waals surface area (Å²) in [4.78, 5) is 0. The molecule has 0 aromatic carbocycles. The molecule has 3 N–H and O–H groups in total. The number of rotatable bonds is 7. The Morgan fingerprint density at radius 1 is 1.50 bits per heavy atom. The van der Waals surface area contributed by atoms with Crippen molar-refractivity contribution in [2.24, 2.45) is 5.73 Å². The van der Waals surface area contributed by atoms with Gasteiger partial charge in [-0.25, -0.2) is 4.72 Å². The lowest BCUT2D eigenvalue weighted by molar-refractivity contribution is 0.447. The van der Waals surface area contributed by atoms with Crippen LogP contribution in [0.1, 0.15) is 26.7 Å². The number of unbranched alkanes of at least 4 members (excludes halogenated alkanes) is 1. The van der Waals surface area contributed by atoms with Crippen LogP contribution in [0.15, 0.2) is 0 Å². The molecule has 5 nitrogen and oxygen atoms in total. The number of hydrogen-bond donors (Lipinski definition) is 2. The van der Waals surface area contributed by atoms with Gasteiger partial charge in [-0.2, -0.15) is 12.7 Å². The molecule has 14 heavy (non-hydrogen) atoms. The van der Waals surface area contributed by atoms with Crippen LogP contribution < -0.4 is 10.5 Å². The largest absolute Gasteiger partial charge is 0.327 e. The Labute approximate surface area is 86.8 Å². The van der Waals surface area contributed by atoms with E-state index in [9.17, 15) is 8.42 Å². The van der Waals surface area contributed by atoms with Crippen LogP contribution in [-0.4, -0.2) is 38.9 Å². The maximum Gasteiger partial charge on any atom is 0.279 e. The van der Waals surface area contributed by atoms with Crippen molar-refractivity contribution in [3.8, 4) is 0 Å². The van der Waals surface area contributed by atoms with Crippen molar-refractivity contribution in [1.29, 1.82) is 0 Å². The van der Waals surface area contributed by atoms with E-state index in [0.29, 0.717) is 6.54 Å². The van der Waals surface area contributed by atoms with Crippen molar-refractivity contribution in [1.82, 2.24) is 9.03 Å². The SMILES string of the molecule is CCCCN(C)S(=O)(=O)NCC(C)N. The van der Waals surface area contributed by atoms with Gasteiger partial charge in [-0.15, -0.1) is 0 Å². The van der Waals surface area contributed by atoms with Gasteiger partial charge in [-0.05, 0) is 13.3 Å². The van der Waals surface area contributed by atoms with Crippen molar-refractivity contribution in [2.75, 3.05) is 20.1 Å². The molecule has 0 aliphatic heterocycles. The monoisotopic (exact) mass is 223 g/mol. The highest BCUT2D eigenvalue weighted by Gasteiger charge is 2.16. The summed E-state index contributed by atoms with van der Waals surface area (Å²) in [6.07, 6.45) is 1.85. The summed E-state index contributed by atoms with van der Waals surface area (Å²) in [5.74, 6) is 0. The third kappa shape index (κ3) is 5.54. The third-order valence-corrected chi connectivity index (χ3v) is 3.36. The van der Waals surface area contributed by atoms with E-state index in [2.05, 4.69) is 4.72 Å². The van der Waals surface area contributed by atoms with Crippen LogP contribution >= 0.6 is 0 Å². The molecule has 0 aromatic rings. The lowest BCUT2D eigenvalue weighted by Crippen LogP contribution is -2.43. The van der Waals surface area contributed by atoms with E-state index < -0.39 is 10.2 Å². The van der Waals surface area contributed by atoms with E-state index in [0.717, 1.165) is 12.8 Å². The molecule has 0 aliphatic carbocycles. The van der Waals surface area contributed by atoms with Gasteiger partial charge in [0.25, 0.3) is 10.2 Å². The molecule has 0 aliphatic rings.